The van der Waals surface area contributed by atoms with Gasteiger partial charge in [0.25, 0.3) is 5.91 Å². The van der Waals surface area contributed by atoms with Crippen LogP contribution in [-0.4, -0.2) is 88.7 Å². The van der Waals surface area contributed by atoms with Gasteiger partial charge in [0.05, 0.1) is 39.1 Å². The third-order valence-electron chi connectivity index (χ3n) is 16.7. The first kappa shape index (κ1) is 54.6. The van der Waals surface area contributed by atoms with Crippen LogP contribution < -0.4 is 31.9 Å². The van der Waals surface area contributed by atoms with Crippen molar-refractivity contribution in [3.05, 3.63) is 194 Å². The Morgan fingerprint density at radius 1 is 0.565 bits per heavy atom. The van der Waals surface area contributed by atoms with Crippen LogP contribution in [0.25, 0.3) is 88.3 Å². The topological polar surface area (TPSA) is 189 Å². The number of nitrogens with zero attached hydrogens (tertiary/aromatic N) is 9. The Morgan fingerprint density at radius 3 is 1.72 bits per heavy atom. The van der Waals surface area contributed by atoms with E-state index in [1.807, 2.05) is 30.5 Å². The summed E-state index contributed by atoms with van der Waals surface area (Å²) in [6.45, 7) is 7.94. The summed E-state index contributed by atoms with van der Waals surface area (Å²) in [4.78, 5) is 43.6. The molecule has 0 bridgehead atoms. The zero-order valence-corrected chi connectivity index (χ0v) is 48.2. The lowest BCUT2D eigenvalue weighted by Crippen LogP contribution is -2.39. The second-order valence-corrected chi connectivity index (χ2v) is 22.6. The molecule has 6 N–H and O–H groups in total. The summed E-state index contributed by atoms with van der Waals surface area (Å²) in [5.41, 5.74) is 20.4. The molecule has 6 aromatic heterocycles. The van der Waals surface area contributed by atoms with Gasteiger partial charge < -0.3 is 41.0 Å². The van der Waals surface area contributed by atoms with Crippen molar-refractivity contribution in [1.29, 1.82) is 0 Å². The summed E-state index contributed by atoms with van der Waals surface area (Å²) >= 11 is 0. The Balaban J connectivity index is 0.000000119. The van der Waals surface area contributed by atoms with Crippen molar-refractivity contribution in [2.75, 3.05) is 48.7 Å². The summed E-state index contributed by atoms with van der Waals surface area (Å²) in [6.07, 6.45) is 24.7. The van der Waals surface area contributed by atoms with Crippen LogP contribution in [0.5, 0.6) is 0 Å². The maximum Gasteiger partial charge on any atom is 0.251 e. The molecule has 0 radical (unpaired) electrons. The number of pyridine rings is 1. The SMILES string of the molecule is CC(Nc1cc(-c2ccc3c(c2)CNC3=O)c2nccnc2c1)c1cccnc1.Cn1ccc2ccc(-c3cc(NCC4CCCCN4)cc4nccnc34)cc21.Cn1ccc2ccc(-c3cc(NCC4CCCNC4)cc4nccnc34)cc21. The predicted octanol–water partition coefficient (Wildman–Crippen LogP) is 12.7. The number of fused-ring (bicyclic) bond motifs is 6. The second-order valence-electron chi connectivity index (χ2n) is 22.6. The number of hydrogen-bond acceptors (Lipinski definition) is 13. The van der Waals surface area contributed by atoms with Gasteiger partial charge in [0.1, 0.15) is 0 Å². The predicted molar refractivity (Wildman–Crippen MR) is 344 cm³/mol. The molecule has 2 fully saturated rings. The summed E-state index contributed by atoms with van der Waals surface area (Å²) < 4.78 is 4.31. The number of hydrogen-bond donors (Lipinski definition) is 6. The molecule has 3 aliphatic rings. The number of piperidine rings is 2. The van der Waals surface area contributed by atoms with Crippen LogP contribution in [0.3, 0.4) is 0 Å². The first-order chi connectivity index (χ1) is 41.7. The number of amides is 1. The normalized spacial score (nSPS) is 16.1. The van der Waals surface area contributed by atoms with E-state index in [1.54, 1.807) is 43.4 Å². The highest BCUT2D eigenvalue weighted by Gasteiger charge is 2.21. The van der Waals surface area contributed by atoms with Crippen LogP contribution in [0.1, 0.15) is 66.6 Å². The van der Waals surface area contributed by atoms with Crippen LogP contribution in [-0.2, 0) is 20.6 Å². The number of carbonyl (C=O) groups is 1. The molecule has 0 spiro atoms. The number of rotatable bonds is 12. The molecule has 0 aliphatic carbocycles. The van der Waals surface area contributed by atoms with Gasteiger partial charge in [-0.3, -0.25) is 39.7 Å². The van der Waals surface area contributed by atoms with Crippen molar-refractivity contribution in [3.63, 3.8) is 0 Å². The van der Waals surface area contributed by atoms with Gasteiger partial charge in [0.15, 0.2) is 0 Å². The van der Waals surface area contributed by atoms with Crippen molar-refractivity contribution in [2.24, 2.45) is 20.0 Å². The fourth-order valence-corrected chi connectivity index (χ4v) is 12.1. The van der Waals surface area contributed by atoms with E-state index < -0.39 is 0 Å². The van der Waals surface area contributed by atoms with Gasteiger partial charge >= 0.3 is 0 Å². The van der Waals surface area contributed by atoms with Crippen LogP contribution in [0.2, 0.25) is 0 Å². The van der Waals surface area contributed by atoms with E-state index in [2.05, 4.69) is 200 Å². The Kier molecular flexibility index (Phi) is 15.8. The molecule has 1 amide bonds. The summed E-state index contributed by atoms with van der Waals surface area (Å²) in [6, 6.07) is 40.8. The van der Waals surface area contributed by atoms with E-state index in [-0.39, 0.29) is 11.9 Å². The van der Waals surface area contributed by atoms with Crippen LogP contribution in [0.15, 0.2) is 177 Å². The fourth-order valence-electron chi connectivity index (χ4n) is 12.1. The van der Waals surface area contributed by atoms with Crippen molar-refractivity contribution >= 4 is 77.9 Å². The Labute approximate surface area is 494 Å². The minimum atomic E-state index is -0.0167. The minimum absolute atomic E-state index is 0.0167. The van der Waals surface area contributed by atoms with E-state index >= 15 is 0 Å². The highest BCUT2D eigenvalue weighted by molar-refractivity contribution is 6.01. The number of anilines is 3. The van der Waals surface area contributed by atoms with E-state index in [4.69, 9.17) is 0 Å². The molecule has 9 heterocycles. The van der Waals surface area contributed by atoms with Gasteiger partial charge in [-0.2, -0.15) is 0 Å². The second kappa shape index (κ2) is 24.7. The zero-order chi connectivity index (χ0) is 57.6. The van der Waals surface area contributed by atoms with Gasteiger partial charge in [-0.05, 0) is 176 Å². The number of nitrogens with one attached hydrogen (secondary N) is 6. The number of carbonyl (C=O) groups excluding carboxylic acids is 1. The largest absolute Gasteiger partial charge is 0.385 e. The quantitative estimate of drug-likeness (QED) is 0.0678. The van der Waals surface area contributed by atoms with Gasteiger partial charge in [-0.25, -0.2) is 0 Å². The van der Waals surface area contributed by atoms with E-state index in [1.165, 1.54) is 65.0 Å². The molecule has 0 saturated carbocycles. The minimum Gasteiger partial charge on any atom is -0.385 e. The zero-order valence-electron chi connectivity index (χ0n) is 48.2. The molecule has 3 atom stereocenters. The smallest absolute Gasteiger partial charge is 0.251 e. The Hall–Kier alpha value is -9.64. The molecule has 12 aromatic rings. The molecule has 15 rings (SSSR count). The lowest BCUT2D eigenvalue weighted by Gasteiger charge is -2.24. The first-order valence-electron chi connectivity index (χ1n) is 29.6. The van der Waals surface area contributed by atoms with E-state index in [0.29, 0.717) is 18.5 Å². The highest BCUT2D eigenvalue weighted by Crippen LogP contribution is 2.36. The maximum absolute atomic E-state index is 11.9. The number of aryl methyl sites for hydroxylation is 2. The third-order valence-corrected chi connectivity index (χ3v) is 16.7. The van der Waals surface area contributed by atoms with E-state index in [9.17, 15) is 4.79 Å². The summed E-state index contributed by atoms with van der Waals surface area (Å²) in [5.74, 6) is 0.659. The average molecular weight is 1120 g/mol. The molecule has 2 saturated heterocycles. The molecule has 3 unspecified atom stereocenters. The van der Waals surface area contributed by atoms with Gasteiger partial charge in [-0.15, -0.1) is 0 Å². The molecular formula is C69H69N15O. The monoisotopic (exact) mass is 1120 g/mol. The summed E-state index contributed by atoms with van der Waals surface area (Å²) in [7, 11) is 4.17. The standard InChI is InChI=1S/C23H19N5O.2C23H25N5/c1-14(16-3-2-6-24-12-16)28-18-10-20(22-21(11-18)25-7-8-26-22)15-4-5-19-17(9-15)13-27-23(19)29;1-28-10-6-17-4-5-18(11-22(17)28)20-12-19(13-21-23(20)26-9-8-25-21)27-15-16-3-2-7-24-14-16;1-28-11-7-16-5-6-17(12-22(16)28)20-13-19(14-21-23(20)26-10-9-25-21)27-15-18-4-2-3-8-24-18/h2-12,14,28H,13H2,1H3,(H,27,29);4-6,8-13,16,24,27H,2-3,7,14-15H2,1H3;5-7,9-14,18,24,27H,2-4,8,15H2,1H3. The van der Waals surface area contributed by atoms with Crippen molar-refractivity contribution in [1.82, 2.24) is 60.0 Å². The molecule has 16 heteroatoms. The van der Waals surface area contributed by atoms with Gasteiger partial charge in [0.2, 0.25) is 0 Å². The fraction of sp³-hybridized carbons (Fsp3) is 0.246. The highest BCUT2D eigenvalue weighted by atomic mass is 16.1. The molecule has 6 aromatic carbocycles. The Morgan fingerprint density at radius 2 is 1.14 bits per heavy atom. The van der Waals surface area contributed by atoms with Gasteiger partial charge in [0, 0.05) is 152 Å². The molecule has 426 valence electrons. The van der Waals surface area contributed by atoms with Crippen molar-refractivity contribution < 1.29 is 4.79 Å². The van der Waals surface area contributed by atoms with Crippen LogP contribution in [0, 0.1) is 5.92 Å². The lowest BCUT2D eigenvalue weighted by atomic mass is 9.98. The molecule has 16 nitrogen and oxygen atoms in total. The van der Waals surface area contributed by atoms with Crippen molar-refractivity contribution in [2.45, 2.75) is 57.7 Å². The van der Waals surface area contributed by atoms with E-state index in [0.717, 1.165) is 122 Å². The number of aromatic nitrogens is 9. The molecule has 85 heavy (non-hydrogen) atoms. The van der Waals surface area contributed by atoms with Crippen LogP contribution >= 0.6 is 0 Å². The lowest BCUT2D eigenvalue weighted by molar-refractivity contribution is 0.0965. The Bertz CT molecular complexity index is 4170. The maximum atomic E-state index is 11.9. The molecular weight excluding hydrogens is 1050 g/mol. The van der Waals surface area contributed by atoms with Crippen LogP contribution in [0.4, 0.5) is 17.1 Å². The summed E-state index contributed by atoms with van der Waals surface area (Å²) in [5, 5.41) is 23.3. The third kappa shape index (κ3) is 12.1. The average Bonchev–Trinajstić information content (AvgIpc) is 4.47. The molecule has 3 aliphatic heterocycles. The number of benzene rings is 6. The first-order valence-corrected chi connectivity index (χ1v) is 29.6. The van der Waals surface area contributed by atoms with Crippen molar-refractivity contribution in [3.8, 4) is 33.4 Å². The van der Waals surface area contributed by atoms with Gasteiger partial charge in [-0.1, -0.05) is 42.8 Å².